The molecule has 0 aliphatic rings. The fourth-order valence-electron chi connectivity index (χ4n) is 2.65. The summed E-state index contributed by atoms with van der Waals surface area (Å²) in [6.45, 7) is 5.73. The molecule has 0 bridgehead atoms. The van der Waals surface area contributed by atoms with Crippen molar-refractivity contribution in [3.8, 4) is 11.5 Å². The van der Waals surface area contributed by atoms with Gasteiger partial charge in [0, 0.05) is 19.5 Å². The summed E-state index contributed by atoms with van der Waals surface area (Å²) in [5, 5.41) is 0. The predicted molar refractivity (Wildman–Crippen MR) is 103 cm³/mol. The second-order valence-electron chi connectivity index (χ2n) is 6.38. The van der Waals surface area contributed by atoms with E-state index in [9.17, 15) is 17.6 Å². The van der Waals surface area contributed by atoms with E-state index in [2.05, 4.69) is 0 Å². The second-order valence-corrected chi connectivity index (χ2v) is 7.93. The van der Waals surface area contributed by atoms with E-state index < -0.39 is 15.9 Å². The van der Waals surface area contributed by atoms with E-state index >= 15 is 0 Å². The standard InChI is InChI=1S/C20H24FNO5S/c1-5-14(2)22(15(3)23)13-16-6-11-19(26-4)20(12-16)27-28(24,25)18-9-7-17(21)8-10-18/h6-12,14H,5,13H2,1-4H3/t14-/m1/s1. The number of rotatable bonds is 8. The largest absolute Gasteiger partial charge is 0.493 e. The zero-order valence-corrected chi connectivity index (χ0v) is 17.1. The Bertz CT molecular complexity index is 928. The Morgan fingerprint density at radius 3 is 2.32 bits per heavy atom. The lowest BCUT2D eigenvalue weighted by atomic mass is 10.1. The minimum Gasteiger partial charge on any atom is -0.493 e. The molecule has 0 fully saturated rings. The molecule has 28 heavy (non-hydrogen) atoms. The van der Waals surface area contributed by atoms with Gasteiger partial charge in [0.15, 0.2) is 11.5 Å². The first-order chi connectivity index (χ1) is 13.2. The number of hydrogen-bond acceptors (Lipinski definition) is 5. The monoisotopic (exact) mass is 409 g/mol. The molecule has 0 radical (unpaired) electrons. The van der Waals surface area contributed by atoms with Crippen molar-refractivity contribution in [2.45, 2.75) is 44.7 Å². The van der Waals surface area contributed by atoms with Crippen LogP contribution in [0.2, 0.25) is 0 Å². The first-order valence-corrected chi connectivity index (χ1v) is 10.2. The summed E-state index contributed by atoms with van der Waals surface area (Å²) >= 11 is 0. The Morgan fingerprint density at radius 1 is 1.14 bits per heavy atom. The molecule has 0 aliphatic carbocycles. The van der Waals surface area contributed by atoms with E-state index in [1.54, 1.807) is 17.0 Å². The van der Waals surface area contributed by atoms with Crippen LogP contribution in [0.15, 0.2) is 47.4 Å². The summed E-state index contributed by atoms with van der Waals surface area (Å²) in [5.74, 6) is -0.399. The van der Waals surface area contributed by atoms with Crippen molar-refractivity contribution in [1.29, 1.82) is 0 Å². The number of carbonyl (C=O) groups is 1. The first-order valence-electron chi connectivity index (χ1n) is 8.82. The van der Waals surface area contributed by atoms with Crippen LogP contribution in [-0.4, -0.2) is 32.4 Å². The topological polar surface area (TPSA) is 72.9 Å². The van der Waals surface area contributed by atoms with Crippen molar-refractivity contribution in [3.63, 3.8) is 0 Å². The minimum atomic E-state index is -4.17. The average Bonchev–Trinajstić information content (AvgIpc) is 2.65. The van der Waals surface area contributed by atoms with Crippen molar-refractivity contribution in [1.82, 2.24) is 4.90 Å². The third-order valence-electron chi connectivity index (χ3n) is 4.41. The maximum atomic E-state index is 13.1. The van der Waals surface area contributed by atoms with E-state index in [1.165, 1.54) is 20.1 Å². The third kappa shape index (κ3) is 5.22. The van der Waals surface area contributed by atoms with Gasteiger partial charge in [-0.05, 0) is 55.3 Å². The molecule has 0 saturated heterocycles. The maximum Gasteiger partial charge on any atom is 0.339 e. The van der Waals surface area contributed by atoms with Gasteiger partial charge in [0.2, 0.25) is 5.91 Å². The molecule has 0 spiro atoms. The third-order valence-corrected chi connectivity index (χ3v) is 5.66. The van der Waals surface area contributed by atoms with Crippen molar-refractivity contribution in [2.75, 3.05) is 7.11 Å². The van der Waals surface area contributed by atoms with Gasteiger partial charge >= 0.3 is 10.1 Å². The van der Waals surface area contributed by atoms with Gasteiger partial charge in [0.25, 0.3) is 0 Å². The lowest BCUT2D eigenvalue weighted by Gasteiger charge is -2.27. The Hall–Kier alpha value is -2.61. The van der Waals surface area contributed by atoms with E-state index in [0.717, 1.165) is 30.7 Å². The zero-order valence-electron chi connectivity index (χ0n) is 16.3. The van der Waals surface area contributed by atoms with E-state index in [4.69, 9.17) is 8.92 Å². The van der Waals surface area contributed by atoms with Crippen LogP contribution in [-0.2, 0) is 21.5 Å². The molecule has 2 rings (SSSR count). The smallest absolute Gasteiger partial charge is 0.339 e. The molecular formula is C20H24FNO5S. The fraction of sp³-hybridized carbons (Fsp3) is 0.350. The molecular weight excluding hydrogens is 385 g/mol. The highest BCUT2D eigenvalue weighted by Crippen LogP contribution is 2.31. The van der Waals surface area contributed by atoms with Crippen LogP contribution in [0, 0.1) is 5.82 Å². The number of methoxy groups -OCH3 is 1. The van der Waals surface area contributed by atoms with Gasteiger partial charge in [-0.2, -0.15) is 8.42 Å². The highest BCUT2D eigenvalue weighted by molar-refractivity contribution is 7.87. The highest BCUT2D eigenvalue weighted by Gasteiger charge is 2.21. The average molecular weight is 409 g/mol. The molecule has 1 amide bonds. The Labute approximate surface area is 165 Å². The van der Waals surface area contributed by atoms with Crippen LogP contribution in [0.5, 0.6) is 11.5 Å². The van der Waals surface area contributed by atoms with Crippen molar-refractivity contribution in [2.24, 2.45) is 0 Å². The van der Waals surface area contributed by atoms with Crippen LogP contribution in [0.4, 0.5) is 4.39 Å². The Morgan fingerprint density at radius 2 is 1.79 bits per heavy atom. The summed E-state index contributed by atoms with van der Waals surface area (Å²) in [7, 11) is -2.78. The molecule has 152 valence electrons. The van der Waals surface area contributed by atoms with Crippen molar-refractivity contribution < 1.29 is 26.5 Å². The van der Waals surface area contributed by atoms with Gasteiger partial charge in [-0.3, -0.25) is 4.79 Å². The SMILES string of the molecule is CC[C@@H](C)N(Cc1ccc(OC)c(OS(=O)(=O)c2ccc(F)cc2)c1)C(C)=O. The van der Waals surface area contributed by atoms with Gasteiger partial charge in [0.05, 0.1) is 7.11 Å². The molecule has 0 aliphatic heterocycles. The first kappa shape index (κ1) is 21.7. The van der Waals surface area contributed by atoms with Crippen molar-refractivity contribution in [3.05, 3.63) is 53.8 Å². The summed E-state index contributed by atoms with van der Waals surface area (Å²) in [5.41, 5.74) is 0.695. The lowest BCUT2D eigenvalue weighted by Crippen LogP contribution is -2.36. The molecule has 0 N–H and O–H groups in total. The molecule has 1 atom stereocenters. The number of hydrogen-bond donors (Lipinski definition) is 0. The number of halogens is 1. The quantitative estimate of drug-likeness (QED) is 0.621. The number of carbonyl (C=O) groups excluding carboxylic acids is 1. The van der Waals surface area contributed by atoms with Crippen LogP contribution >= 0.6 is 0 Å². The fourth-order valence-corrected chi connectivity index (χ4v) is 3.58. The summed E-state index contributed by atoms with van der Waals surface area (Å²) in [4.78, 5) is 13.5. The summed E-state index contributed by atoms with van der Waals surface area (Å²) in [6, 6.07) is 9.23. The number of amides is 1. The van der Waals surface area contributed by atoms with Crippen LogP contribution < -0.4 is 8.92 Å². The van der Waals surface area contributed by atoms with E-state index in [0.29, 0.717) is 12.1 Å². The predicted octanol–water partition coefficient (Wildman–Crippen LogP) is 3.75. The summed E-state index contributed by atoms with van der Waals surface area (Å²) in [6.07, 6.45) is 0.790. The molecule has 6 nitrogen and oxygen atoms in total. The Kier molecular flexibility index (Phi) is 7.01. The highest BCUT2D eigenvalue weighted by atomic mass is 32.2. The van der Waals surface area contributed by atoms with Crippen LogP contribution in [0.1, 0.15) is 32.8 Å². The second kappa shape index (κ2) is 9.05. The molecule has 0 saturated carbocycles. The molecule has 0 heterocycles. The van der Waals surface area contributed by atoms with Crippen molar-refractivity contribution >= 4 is 16.0 Å². The van der Waals surface area contributed by atoms with Crippen LogP contribution in [0.3, 0.4) is 0 Å². The van der Waals surface area contributed by atoms with Crippen LogP contribution in [0.25, 0.3) is 0 Å². The number of nitrogens with zero attached hydrogens (tertiary/aromatic N) is 1. The molecule has 0 aromatic heterocycles. The molecule has 2 aromatic rings. The zero-order chi connectivity index (χ0) is 20.9. The van der Waals surface area contributed by atoms with Gasteiger partial charge < -0.3 is 13.8 Å². The number of benzene rings is 2. The molecule has 0 unspecified atom stereocenters. The normalized spacial score (nSPS) is 12.3. The van der Waals surface area contributed by atoms with Gasteiger partial charge in [-0.25, -0.2) is 4.39 Å². The molecule has 8 heteroatoms. The van der Waals surface area contributed by atoms with Gasteiger partial charge in [-0.15, -0.1) is 0 Å². The lowest BCUT2D eigenvalue weighted by molar-refractivity contribution is -0.131. The molecule has 2 aromatic carbocycles. The maximum absolute atomic E-state index is 13.1. The number of ether oxygens (including phenoxy) is 1. The van der Waals surface area contributed by atoms with Gasteiger partial charge in [0.1, 0.15) is 10.7 Å². The van der Waals surface area contributed by atoms with E-state index in [-0.39, 0.29) is 28.3 Å². The van der Waals surface area contributed by atoms with E-state index in [1.807, 2.05) is 13.8 Å². The van der Waals surface area contributed by atoms with Gasteiger partial charge in [-0.1, -0.05) is 13.0 Å². The summed E-state index contributed by atoms with van der Waals surface area (Å²) < 4.78 is 48.5. The Balaban J connectivity index is 2.34. The minimum absolute atomic E-state index is 0.00280.